The van der Waals surface area contributed by atoms with E-state index in [1.54, 1.807) is 0 Å². The summed E-state index contributed by atoms with van der Waals surface area (Å²) in [6, 6.07) is 0. The summed E-state index contributed by atoms with van der Waals surface area (Å²) in [7, 11) is 0. The molecule has 0 aliphatic carbocycles. The molecule has 0 amide bonds. The second kappa shape index (κ2) is 7.92. The van der Waals surface area contributed by atoms with Gasteiger partial charge in [-0.05, 0) is 37.0 Å². The first-order valence-corrected chi connectivity index (χ1v) is 7.03. The van der Waals surface area contributed by atoms with Gasteiger partial charge in [-0.3, -0.25) is 0 Å². The van der Waals surface area contributed by atoms with E-state index >= 15 is 0 Å². The van der Waals surface area contributed by atoms with Crippen LogP contribution in [-0.2, 0) is 0 Å². The Morgan fingerprint density at radius 3 is 2.00 bits per heavy atom. The van der Waals surface area contributed by atoms with Gasteiger partial charge in [-0.2, -0.15) is 0 Å². The standard InChI is InChI=1S/C16H32/c1-8-13(4)9-10-14(5)16(7)11-15(6)12(2)3/h13-16H,2,8-11H2,1,3-7H3. The van der Waals surface area contributed by atoms with Gasteiger partial charge in [0, 0.05) is 0 Å². The third kappa shape index (κ3) is 6.35. The molecule has 0 aliphatic rings. The number of allylic oxidation sites excluding steroid dienone is 1. The fraction of sp³-hybridized carbons (Fsp3) is 0.875. The van der Waals surface area contributed by atoms with Gasteiger partial charge in [0.25, 0.3) is 0 Å². The minimum absolute atomic E-state index is 0.682. The van der Waals surface area contributed by atoms with Crippen molar-refractivity contribution in [2.45, 2.75) is 67.2 Å². The summed E-state index contributed by atoms with van der Waals surface area (Å²) in [5.41, 5.74) is 1.33. The third-order valence-corrected chi connectivity index (χ3v) is 4.35. The molecule has 0 aromatic carbocycles. The Morgan fingerprint density at radius 2 is 1.56 bits per heavy atom. The summed E-state index contributed by atoms with van der Waals surface area (Å²) in [5, 5.41) is 0. The number of hydrogen-bond acceptors (Lipinski definition) is 0. The van der Waals surface area contributed by atoms with Crippen molar-refractivity contribution in [1.29, 1.82) is 0 Å². The van der Waals surface area contributed by atoms with Crippen LogP contribution in [0.25, 0.3) is 0 Å². The summed E-state index contributed by atoms with van der Waals surface area (Å²) in [4.78, 5) is 0. The van der Waals surface area contributed by atoms with Gasteiger partial charge in [-0.15, -0.1) is 0 Å². The summed E-state index contributed by atoms with van der Waals surface area (Å²) in [5.74, 6) is 3.26. The number of rotatable bonds is 8. The molecule has 0 aromatic rings. The highest BCUT2D eigenvalue weighted by Gasteiger charge is 2.16. The highest BCUT2D eigenvalue weighted by Crippen LogP contribution is 2.27. The van der Waals surface area contributed by atoms with Crippen molar-refractivity contribution in [2.75, 3.05) is 0 Å². The van der Waals surface area contributed by atoms with Crippen LogP contribution in [0.5, 0.6) is 0 Å². The van der Waals surface area contributed by atoms with Crippen molar-refractivity contribution in [3.8, 4) is 0 Å². The van der Waals surface area contributed by atoms with Crippen molar-refractivity contribution >= 4 is 0 Å². The summed E-state index contributed by atoms with van der Waals surface area (Å²) < 4.78 is 0. The maximum Gasteiger partial charge on any atom is -0.0234 e. The molecule has 0 rings (SSSR count). The fourth-order valence-electron chi connectivity index (χ4n) is 2.03. The zero-order valence-electron chi connectivity index (χ0n) is 12.3. The van der Waals surface area contributed by atoms with Crippen molar-refractivity contribution in [1.82, 2.24) is 0 Å². The lowest BCUT2D eigenvalue weighted by atomic mass is 9.82. The van der Waals surface area contributed by atoms with Crippen molar-refractivity contribution < 1.29 is 0 Å². The van der Waals surface area contributed by atoms with E-state index in [2.05, 4.69) is 48.1 Å². The van der Waals surface area contributed by atoms with E-state index in [9.17, 15) is 0 Å². The van der Waals surface area contributed by atoms with E-state index < -0.39 is 0 Å². The molecule has 0 aliphatic heterocycles. The Labute approximate surface area is 104 Å². The smallest absolute Gasteiger partial charge is 0.0234 e. The van der Waals surface area contributed by atoms with Crippen LogP contribution in [-0.4, -0.2) is 0 Å². The molecule has 96 valence electrons. The molecule has 4 atom stereocenters. The molecule has 0 fully saturated rings. The highest BCUT2D eigenvalue weighted by molar-refractivity contribution is 4.94. The zero-order valence-corrected chi connectivity index (χ0v) is 12.3. The maximum absolute atomic E-state index is 4.05. The predicted octanol–water partition coefficient (Wildman–Crippen LogP) is 5.69. The van der Waals surface area contributed by atoms with Crippen molar-refractivity contribution in [2.24, 2.45) is 23.7 Å². The monoisotopic (exact) mass is 224 g/mol. The fourth-order valence-corrected chi connectivity index (χ4v) is 2.03. The molecule has 0 saturated heterocycles. The van der Waals surface area contributed by atoms with Crippen molar-refractivity contribution in [3.05, 3.63) is 12.2 Å². The van der Waals surface area contributed by atoms with Crippen LogP contribution < -0.4 is 0 Å². The Kier molecular flexibility index (Phi) is 7.80. The normalized spacial score (nSPS) is 18.9. The summed E-state index contributed by atoms with van der Waals surface area (Å²) in [6.45, 7) is 18.0. The quantitative estimate of drug-likeness (QED) is 0.465. The minimum atomic E-state index is 0.682. The van der Waals surface area contributed by atoms with Crippen LogP contribution in [0, 0.1) is 23.7 Å². The van der Waals surface area contributed by atoms with Crippen LogP contribution >= 0.6 is 0 Å². The molecule has 0 spiro atoms. The predicted molar refractivity (Wildman–Crippen MR) is 75.6 cm³/mol. The Morgan fingerprint density at radius 1 is 1.00 bits per heavy atom. The second-order valence-corrected chi connectivity index (χ2v) is 6.03. The maximum atomic E-state index is 4.05. The minimum Gasteiger partial charge on any atom is -0.0999 e. The van der Waals surface area contributed by atoms with Crippen molar-refractivity contribution in [3.63, 3.8) is 0 Å². The zero-order chi connectivity index (χ0) is 12.7. The Balaban J connectivity index is 3.89. The molecule has 4 unspecified atom stereocenters. The summed E-state index contributed by atoms with van der Waals surface area (Å²) >= 11 is 0. The lowest BCUT2D eigenvalue weighted by Crippen LogP contribution is -2.13. The molecule has 0 N–H and O–H groups in total. The van der Waals surface area contributed by atoms with E-state index in [0.29, 0.717) is 5.92 Å². The van der Waals surface area contributed by atoms with E-state index in [4.69, 9.17) is 0 Å². The summed E-state index contributed by atoms with van der Waals surface area (Å²) in [6.07, 6.45) is 5.41. The van der Waals surface area contributed by atoms with Gasteiger partial charge in [0.2, 0.25) is 0 Å². The molecule has 0 heteroatoms. The van der Waals surface area contributed by atoms with Gasteiger partial charge in [-0.1, -0.05) is 66.0 Å². The average molecular weight is 224 g/mol. The van der Waals surface area contributed by atoms with Gasteiger partial charge in [-0.25, -0.2) is 0 Å². The van der Waals surface area contributed by atoms with Crippen LogP contribution in [0.4, 0.5) is 0 Å². The molecule has 0 aromatic heterocycles. The number of hydrogen-bond donors (Lipinski definition) is 0. The molecule has 0 saturated carbocycles. The lowest BCUT2D eigenvalue weighted by Gasteiger charge is -2.24. The Hall–Kier alpha value is -0.260. The highest BCUT2D eigenvalue weighted by atomic mass is 14.2. The van der Waals surface area contributed by atoms with Gasteiger partial charge in [0.1, 0.15) is 0 Å². The second-order valence-electron chi connectivity index (χ2n) is 6.03. The van der Waals surface area contributed by atoms with Gasteiger partial charge < -0.3 is 0 Å². The molecular weight excluding hydrogens is 192 g/mol. The molecule has 0 nitrogen and oxygen atoms in total. The van der Waals surface area contributed by atoms with Gasteiger partial charge in [0.05, 0.1) is 0 Å². The van der Waals surface area contributed by atoms with Crippen LogP contribution in [0.3, 0.4) is 0 Å². The van der Waals surface area contributed by atoms with Crippen LogP contribution in [0.15, 0.2) is 12.2 Å². The molecule has 0 bridgehead atoms. The van der Waals surface area contributed by atoms with E-state index in [0.717, 1.165) is 17.8 Å². The molecular formula is C16H32. The third-order valence-electron chi connectivity index (χ3n) is 4.35. The van der Waals surface area contributed by atoms with Gasteiger partial charge >= 0.3 is 0 Å². The SMILES string of the molecule is C=C(C)C(C)CC(C)C(C)CCC(C)CC. The van der Waals surface area contributed by atoms with Crippen LogP contribution in [0.2, 0.25) is 0 Å². The van der Waals surface area contributed by atoms with E-state index in [1.807, 2.05) is 0 Å². The van der Waals surface area contributed by atoms with Crippen LogP contribution in [0.1, 0.15) is 67.2 Å². The lowest BCUT2D eigenvalue weighted by molar-refractivity contribution is 0.293. The molecule has 0 heterocycles. The largest absolute Gasteiger partial charge is 0.0999 e. The van der Waals surface area contributed by atoms with E-state index in [-0.39, 0.29) is 0 Å². The first kappa shape index (κ1) is 15.7. The van der Waals surface area contributed by atoms with E-state index in [1.165, 1.54) is 31.3 Å². The molecule has 16 heavy (non-hydrogen) atoms. The first-order chi connectivity index (χ1) is 7.38. The van der Waals surface area contributed by atoms with Gasteiger partial charge in [0.15, 0.2) is 0 Å². The topological polar surface area (TPSA) is 0 Å². The molecule has 0 radical (unpaired) electrons. The Bertz CT molecular complexity index is 192. The first-order valence-electron chi connectivity index (χ1n) is 7.03. The average Bonchev–Trinajstić information content (AvgIpc) is 2.24.